The third kappa shape index (κ3) is 3.61. The monoisotopic (exact) mass is 552 g/mol. The summed E-state index contributed by atoms with van der Waals surface area (Å²) >= 11 is 0. The van der Waals surface area contributed by atoms with Crippen LogP contribution in [0.1, 0.15) is 43.4 Å². The lowest BCUT2D eigenvalue weighted by Gasteiger charge is -2.38. The average Bonchev–Trinajstić information content (AvgIpc) is 3.52. The van der Waals surface area contributed by atoms with Crippen LogP contribution >= 0.6 is 0 Å². The summed E-state index contributed by atoms with van der Waals surface area (Å²) in [4.78, 5) is 46.1. The minimum absolute atomic E-state index is 0.209. The highest BCUT2D eigenvalue weighted by atomic mass is 16.5. The van der Waals surface area contributed by atoms with Gasteiger partial charge in [-0.15, -0.1) is 0 Å². The lowest BCUT2D eigenvalue weighted by molar-refractivity contribution is -0.122. The van der Waals surface area contributed by atoms with E-state index in [1.165, 1.54) is 0 Å². The fourth-order valence-electron chi connectivity index (χ4n) is 7.05. The van der Waals surface area contributed by atoms with Gasteiger partial charge in [0.05, 0.1) is 17.5 Å². The molecule has 4 aromatic carbocycles. The van der Waals surface area contributed by atoms with Gasteiger partial charge in [-0.1, -0.05) is 97.6 Å². The predicted molar refractivity (Wildman–Crippen MR) is 161 cm³/mol. The molecule has 42 heavy (non-hydrogen) atoms. The Balaban J connectivity index is 1.53. The summed E-state index contributed by atoms with van der Waals surface area (Å²) in [5.74, 6) is -1.52. The number of carbonyl (C=O) groups is 3. The van der Waals surface area contributed by atoms with Crippen LogP contribution in [0.4, 0.5) is 5.69 Å². The topological polar surface area (TPSA) is 75.7 Å². The summed E-state index contributed by atoms with van der Waals surface area (Å²) in [5, 5.41) is 3.08. The van der Waals surface area contributed by atoms with Crippen molar-refractivity contribution in [1.82, 2.24) is 4.90 Å². The summed E-state index contributed by atoms with van der Waals surface area (Å²) in [7, 11) is 0. The number of anilines is 1. The molecule has 4 aromatic rings. The fraction of sp³-hybridized carbons (Fsp3) is 0.139. The van der Waals surface area contributed by atoms with Gasteiger partial charge in [-0.25, -0.2) is 0 Å². The van der Waals surface area contributed by atoms with Crippen LogP contribution in [0, 0.1) is 5.92 Å². The van der Waals surface area contributed by atoms with Gasteiger partial charge in [0.2, 0.25) is 5.91 Å². The number of hydrogen-bond acceptors (Lipinski definition) is 5. The SMILES string of the molecule is C=CCOc1ccccc1C(=O)[C@@H]1[C@H](C(=O)c2ccccc2)N2C=Cc3ccccc3[C@@H]2[C@]12C(=O)Nc1ccccc12. The van der Waals surface area contributed by atoms with Crippen LogP contribution in [0.3, 0.4) is 0 Å². The number of para-hydroxylation sites is 2. The van der Waals surface area contributed by atoms with E-state index in [1.54, 1.807) is 42.5 Å². The van der Waals surface area contributed by atoms with Gasteiger partial charge in [0.1, 0.15) is 23.8 Å². The molecule has 4 atom stereocenters. The van der Waals surface area contributed by atoms with Crippen molar-refractivity contribution in [1.29, 1.82) is 0 Å². The molecule has 0 radical (unpaired) electrons. The Morgan fingerprint density at radius 2 is 1.60 bits per heavy atom. The molecule has 1 N–H and O–H groups in total. The molecule has 0 saturated carbocycles. The average molecular weight is 553 g/mol. The number of Topliss-reactive ketones (excluding diaryl/α,β-unsaturated/α-hetero) is 2. The van der Waals surface area contributed by atoms with Gasteiger partial charge in [0, 0.05) is 17.5 Å². The number of ketones is 2. The maximum absolute atomic E-state index is 15.1. The van der Waals surface area contributed by atoms with Crippen molar-refractivity contribution in [3.05, 3.63) is 150 Å². The third-order valence-electron chi connectivity index (χ3n) is 8.69. The van der Waals surface area contributed by atoms with E-state index in [-0.39, 0.29) is 24.1 Å². The maximum Gasteiger partial charge on any atom is 0.238 e. The zero-order valence-corrected chi connectivity index (χ0v) is 22.8. The molecular formula is C36H28N2O4. The second-order valence-electron chi connectivity index (χ2n) is 10.8. The van der Waals surface area contributed by atoms with Gasteiger partial charge >= 0.3 is 0 Å². The van der Waals surface area contributed by atoms with Gasteiger partial charge in [-0.3, -0.25) is 14.4 Å². The number of nitrogens with one attached hydrogen (secondary N) is 1. The molecule has 1 amide bonds. The van der Waals surface area contributed by atoms with E-state index in [0.717, 1.165) is 11.1 Å². The highest BCUT2D eigenvalue weighted by Gasteiger charge is 2.70. The minimum atomic E-state index is -1.39. The molecule has 7 rings (SSSR count). The largest absolute Gasteiger partial charge is 0.489 e. The quantitative estimate of drug-likeness (QED) is 0.217. The normalized spacial score (nSPS) is 23.1. The Morgan fingerprint density at radius 3 is 2.43 bits per heavy atom. The van der Waals surface area contributed by atoms with Crippen molar-refractivity contribution in [2.75, 3.05) is 11.9 Å². The number of ether oxygens (including phenoxy) is 1. The number of hydrogen-bond donors (Lipinski definition) is 1. The Bertz CT molecular complexity index is 1780. The number of carbonyl (C=O) groups excluding carboxylic acids is 3. The highest BCUT2D eigenvalue weighted by Crippen LogP contribution is 2.62. The predicted octanol–water partition coefficient (Wildman–Crippen LogP) is 6.23. The first-order valence-corrected chi connectivity index (χ1v) is 14.0. The van der Waals surface area contributed by atoms with Gasteiger partial charge in [0.25, 0.3) is 0 Å². The van der Waals surface area contributed by atoms with E-state index < -0.39 is 23.4 Å². The van der Waals surface area contributed by atoms with Crippen LogP contribution < -0.4 is 10.1 Å². The number of amides is 1. The zero-order chi connectivity index (χ0) is 28.8. The Labute approximate surface area is 243 Å². The van der Waals surface area contributed by atoms with Gasteiger partial charge in [-0.05, 0) is 41.0 Å². The molecular weight excluding hydrogens is 524 g/mol. The van der Waals surface area contributed by atoms with Crippen LogP contribution in [-0.4, -0.2) is 35.0 Å². The summed E-state index contributed by atoms with van der Waals surface area (Å²) in [6.07, 6.45) is 5.45. The molecule has 3 aliphatic heterocycles. The van der Waals surface area contributed by atoms with E-state index in [2.05, 4.69) is 11.9 Å². The molecule has 0 aliphatic carbocycles. The number of benzene rings is 4. The first-order chi connectivity index (χ1) is 20.6. The Morgan fingerprint density at radius 1 is 0.881 bits per heavy atom. The van der Waals surface area contributed by atoms with E-state index >= 15 is 4.79 Å². The molecule has 1 spiro atoms. The molecule has 0 bridgehead atoms. The van der Waals surface area contributed by atoms with Crippen LogP contribution in [-0.2, 0) is 10.2 Å². The van der Waals surface area contributed by atoms with Gasteiger partial charge in [0.15, 0.2) is 11.6 Å². The molecule has 3 aliphatic rings. The fourth-order valence-corrected chi connectivity index (χ4v) is 7.05. The first-order valence-electron chi connectivity index (χ1n) is 14.0. The van der Waals surface area contributed by atoms with Crippen molar-refractivity contribution in [2.45, 2.75) is 17.5 Å². The molecule has 0 aromatic heterocycles. The lowest BCUT2D eigenvalue weighted by atomic mass is 9.62. The van der Waals surface area contributed by atoms with Crippen molar-refractivity contribution in [3.8, 4) is 5.75 Å². The second kappa shape index (κ2) is 10.00. The molecule has 0 unspecified atom stereocenters. The molecule has 6 nitrogen and oxygen atoms in total. The number of rotatable bonds is 7. The van der Waals surface area contributed by atoms with Gasteiger partial charge in [-0.2, -0.15) is 0 Å². The van der Waals surface area contributed by atoms with Crippen molar-refractivity contribution in [2.24, 2.45) is 5.92 Å². The van der Waals surface area contributed by atoms with Gasteiger partial charge < -0.3 is 15.0 Å². The number of nitrogens with zero attached hydrogens (tertiary/aromatic N) is 1. The zero-order valence-electron chi connectivity index (χ0n) is 22.8. The maximum atomic E-state index is 15.1. The van der Waals surface area contributed by atoms with E-state index in [9.17, 15) is 9.59 Å². The molecule has 1 saturated heterocycles. The van der Waals surface area contributed by atoms with E-state index in [1.807, 2.05) is 83.9 Å². The van der Waals surface area contributed by atoms with Crippen molar-refractivity contribution >= 4 is 29.2 Å². The molecule has 1 fully saturated rings. The molecule has 3 heterocycles. The van der Waals surface area contributed by atoms with E-state index in [4.69, 9.17) is 4.74 Å². The number of fused-ring (bicyclic) bond motifs is 6. The highest BCUT2D eigenvalue weighted by molar-refractivity contribution is 6.17. The van der Waals surface area contributed by atoms with Crippen LogP contribution in [0.2, 0.25) is 0 Å². The van der Waals surface area contributed by atoms with Crippen LogP contribution in [0.5, 0.6) is 5.75 Å². The minimum Gasteiger partial charge on any atom is -0.489 e. The lowest BCUT2D eigenvalue weighted by Crippen LogP contribution is -2.49. The Hall–Kier alpha value is -5.23. The molecule has 206 valence electrons. The van der Waals surface area contributed by atoms with Crippen molar-refractivity contribution in [3.63, 3.8) is 0 Å². The first kappa shape index (κ1) is 25.7. The summed E-state index contributed by atoms with van der Waals surface area (Å²) in [5.41, 5.74) is 2.61. The third-order valence-corrected chi connectivity index (χ3v) is 8.69. The summed E-state index contributed by atoms with van der Waals surface area (Å²) in [6.45, 7) is 3.95. The van der Waals surface area contributed by atoms with E-state index in [0.29, 0.717) is 28.1 Å². The van der Waals surface area contributed by atoms with Crippen LogP contribution in [0.25, 0.3) is 6.08 Å². The summed E-state index contributed by atoms with van der Waals surface area (Å²) in [6, 6.07) is 29.8. The van der Waals surface area contributed by atoms with Crippen LogP contribution in [0.15, 0.2) is 122 Å². The summed E-state index contributed by atoms with van der Waals surface area (Å²) < 4.78 is 5.92. The Kier molecular flexibility index (Phi) is 6.12. The molecule has 6 heteroatoms. The van der Waals surface area contributed by atoms with Crippen molar-refractivity contribution < 1.29 is 19.1 Å². The second-order valence-corrected chi connectivity index (χ2v) is 10.8. The smallest absolute Gasteiger partial charge is 0.238 e. The standard InChI is InChI=1S/C36H28N2O4/c1-2-22-42-29-19-11-8-16-26(29)33(40)30-31(32(39)24-13-4-3-5-14-24)38-21-20-23-12-6-7-15-25(23)34(38)36(30)27-17-9-10-18-28(27)37-35(36)41/h2-21,30-31,34H,1,22H2,(H,37,41)/t30-,31+,34+,36+/m0/s1.